The molecule has 0 radical (unpaired) electrons. The number of halogens is 1. The molecule has 0 saturated heterocycles. The van der Waals surface area contributed by atoms with Crippen molar-refractivity contribution >= 4 is 21.8 Å². The standard InChI is InChI=1S/C21H24FN5O3S/c1-16-23-12-13-26(16)19-8-4-17(5-9-19)14-24-21(28)15-27(31(29,30)25(2)3)20-10-6-18(22)7-11-20/h4-13H,14-15H2,1-3H3,(H,24,28). The van der Waals surface area contributed by atoms with E-state index in [2.05, 4.69) is 10.3 Å². The van der Waals surface area contributed by atoms with Gasteiger partial charge < -0.3 is 9.88 Å². The number of aromatic nitrogens is 2. The summed E-state index contributed by atoms with van der Waals surface area (Å²) in [5, 5.41) is 2.73. The van der Waals surface area contributed by atoms with Crippen molar-refractivity contribution < 1.29 is 17.6 Å². The molecular weight excluding hydrogens is 421 g/mol. The highest BCUT2D eigenvalue weighted by molar-refractivity contribution is 7.90. The van der Waals surface area contributed by atoms with Gasteiger partial charge in [0, 0.05) is 38.7 Å². The fraction of sp³-hybridized carbons (Fsp3) is 0.238. The topological polar surface area (TPSA) is 87.5 Å². The van der Waals surface area contributed by atoms with Crippen LogP contribution in [-0.2, 0) is 21.5 Å². The number of imidazole rings is 1. The normalized spacial score (nSPS) is 11.5. The van der Waals surface area contributed by atoms with Crippen molar-refractivity contribution in [2.75, 3.05) is 24.9 Å². The van der Waals surface area contributed by atoms with Crippen LogP contribution in [0.3, 0.4) is 0 Å². The van der Waals surface area contributed by atoms with E-state index in [4.69, 9.17) is 0 Å². The third-order valence-corrected chi connectivity index (χ3v) is 6.49. The number of rotatable bonds is 8. The first-order valence-electron chi connectivity index (χ1n) is 9.50. The van der Waals surface area contributed by atoms with Crippen molar-refractivity contribution in [1.29, 1.82) is 0 Å². The van der Waals surface area contributed by atoms with Crippen molar-refractivity contribution in [3.05, 3.63) is 78.1 Å². The Labute approximate surface area is 181 Å². The minimum Gasteiger partial charge on any atom is -0.350 e. The molecule has 8 nitrogen and oxygen atoms in total. The number of nitrogens with one attached hydrogen (secondary N) is 1. The smallest absolute Gasteiger partial charge is 0.304 e. The van der Waals surface area contributed by atoms with Crippen molar-refractivity contribution in [2.45, 2.75) is 13.5 Å². The molecular formula is C21H24FN5O3S. The Bertz CT molecular complexity index is 1140. The molecule has 0 aliphatic heterocycles. The van der Waals surface area contributed by atoms with Gasteiger partial charge in [-0.2, -0.15) is 12.7 Å². The third-order valence-electron chi connectivity index (χ3n) is 4.67. The zero-order valence-corrected chi connectivity index (χ0v) is 18.3. The lowest BCUT2D eigenvalue weighted by Crippen LogP contribution is -2.45. The van der Waals surface area contributed by atoms with Crippen LogP contribution < -0.4 is 9.62 Å². The van der Waals surface area contributed by atoms with E-state index < -0.39 is 28.5 Å². The van der Waals surface area contributed by atoms with Gasteiger partial charge in [-0.05, 0) is 48.9 Å². The largest absolute Gasteiger partial charge is 0.350 e. The van der Waals surface area contributed by atoms with E-state index in [1.54, 1.807) is 6.20 Å². The molecule has 0 fully saturated rings. The van der Waals surface area contributed by atoms with Crippen LogP contribution in [0.15, 0.2) is 60.9 Å². The average Bonchev–Trinajstić information content (AvgIpc) is 3.17. The van der Waals surface area contributed by atoms with Crippen molar-refractivity contribution in [2.24, 2.45) is 0 Å². The summed E-state index contributed by atoms with van der Waals surface area (Å²) in [5.41, 5.74) is 2.01. The molecule has 164 valence electrons. The number of hydrogen-bond acceptors (Lipinski definition) is 4. The van der Waals surface area contributed by atoms with Gasteiger partial charge in [0.15, 0.2) is 0 Å². The molecule has 1 aromatic heterocycles. The van der Waals surface area contributed by atoms with Crippen LogP contribution in [-0.4, -0.2) is 48.8 Å². The Kier molecular flexibility index (Phi) is 6.71. The van der Waals surface area contributed by atoms with E-state index in [0.29, 0.717) is 0 Å². The van der Waals surface area contributed by atoms with Gasteiger partial charge in [-0.25, -0.2) is 13.7 Å². The molecule has 3 aromatic rings. The maximum Gasteiger partial charge on any atom is 0.304 e. The Morgan fingerprint density at radius 2 is 1.74 bits per heavy atom. The summed E-state index contributed by atoms with van der Waals surface area (Å²) in [6, 6.07) is 12.5. The van der Waals surface area contributed by atoms with Gasteiger partial charge in [0.2, 0.25) is 5.91 Å². The summed E-state index contributed by atoms with van der Waals surface area (Å²) in [7, 11) is -1.21. The number of nitrogens with zero attached hydrogens (tertiary/aromatic N) is 4. The molecule has 0 saturated carbocycles. The van der Waals surface area contributed by atoms with Gasteiger partial charge in [0.25, 0.3) is 0 Å². The molecule has 0 unspecified atom stereocenters. The maximum atomic E-state index is 13.3. The second-order valence-corrected chi connectivity index (χ2v) is 9.13. The number of aryl methyl sites for hydroxylation is 1. The first-order valence-corrected chi connectivity index (χ1v) is 10.9. The highest BCUT2D eigenvalue weighted by Gasteiger charge is 2.27. The molecule has 1 amide bonds. The summed E-state index contributed by atoms with van der Waals surface area (Å²) in [6.07, 6.45) is 3.58. The van der Waals surface area contributed by atoms with E-state index in [0.717, 1.165) is 37.8 Å². The van der Waals surface area contributed by atoms with Crippen molar-refractivity contribution in [3.8, 4) is 5.69 Å². The Balaban J connectivity index is 1.68. The Hall–Kier alpha value is -3.24. The SMILES string of the molecule is Cc1nccn1-c1ccc(CNC(=O)CN(c2ccc(F)cc2)S(=O)(=O)N(C)C)cc1. The van der Waals surface area contributed by atoms with Crippen LogP contribution in [0.2, 0.25) is 0 Å². The second-order valence-electron chi connectivity index (χ2n) is 7.06. The van der Waals surface area contributed by atoms with E-state index in [1.165, 1.54) is 26.2 Å². The zero-order valence-electron chi connectivity index (χ0n) is 17.5. The lowest BCUT2D eigenvalue weighted by atomic mass is 10.2. The van der Waals surface area contributed by atoms with E-state index >= 15 is 0 Å². The van der Waals surface area contributed by atoms with Crippen LogP contribution in [0.1, 0.15) is 11.4 Å². The zero-order chi connectivity index (χ0) is 22.6. The maximum absolute atomic E-state index is 13.3. The Morgan fingerprint density at radius 3 is 2.29 bits per heavy atom. The molecule has 0 aliphatic carbocycles. The summed E-state index contributed by atoms with van der Waals surface area (Å²) in [6.45, 7) is 1.71. The van der Waals surface area contributed by atoms with Crippen LogP contribution in [0, 0.1) is 12.7 Å². The minimum absolute atomic E-state index is 0.199. The number of amides is 1. The molecule has 2 aromatic carbocycles. The number of carbonyl (C=O) groups excluding carboxylic acids is 1. The fourth-order valence-electron chi connectivity index (χ4n) is 2.92. The van der Waals surface area contributed by atoms with Crippen molar-refractivity contribution in [3.63, 3.8) is 0 Å². The summed E-state index contributed by atoms with van der Waals surface area (Å²) in [4.78, 5) is 16.7. The van der Waals surface area contributed by atoms with Gasteiger partial charge >= 0.3 is 10.2 Å². The molecule has 10 heteroatoms. The Morgan fingerprint density at radius 1 is 1.10 bits per heavy atom. The predicted octanol–water partition coefficient (Wildman–Crippen LogP) is 2.25. The highest BCUT2D eigenvalue weighted by Crippen LogP contribution is 2.20. The first kappa shape index (κ1) is 22.4. The van der Waals surface area contributed by atoms with Gasteiger partial charge in [0.1, 0.15) is 18.2 Å². The average molecular weight is 446 g/mol. The van der Waals surface area contributed by atoms with Gasteiger partial charge in [-0.3, -0.25) is 4.79 Å². The third kappa shape index (κ3) is 5.28. The highest BCUT2D eigenvalue weighted by atomic mass is 32.2. The van der Waals surface area contributed by atoms with Gasteiger partial charge in [0.05, 0.1) is 5.69 Å². The molecule has 0 aliphatic rings. The monoisotopic (exact) mass is 445 g/mol. The number of carbonyl (C=O) groups is 1. The lowest BCUT2D eigenvalue weighted by Gasteiger charge is -2.26. The second kappa shape index (κ2) is 9.27. The van der Waals surface area contributed by atoms with Crippen LogP contribution in [0.25, 0.3) is 5.69 Å². The van der Waals surface area contributed by atoms with E-state index in [9.17, 15) is 17.6 Å². The lowest BCUT2D eigenvalue weighted by molar-refractivity contribution is -0.119. The number of anilines is 1. The van der Waals surface area contributed by atoms with Crippen LogP contribution in [0.5, 0.6) is 0 Å². The van der Waals surface area contributed by atoms with Crippen molar-refractivity contribution in [1.82, 2.24) is 19.2 Å². The fourth-order valence-corrected chi connectivity index (χ4v) is 3.99. The predicted molar refractivity (Wildman–Crippen MR) is 117 cm³/mol. The quantitative estimate of drug-likeness (QED) is 0.576. The minimum atomic E-state index is -3.94. The van der Waals surface area contributed by atoms with Crippen LogP contribution in [0.4, 0.5) is 10.1 Å². The number of hydrogen-bond donors (Lipinski definition) is 1. The van der Waals surface area contributed by atoms with E-state index in [1.807, 2.05) is 42.0 Å². The molecule has 1 N–H and O–H groups in total. The molecule has 1 heterocycles. The van der Waals surface area contributed by atoms with Crippen LogP contribution >= 0.6 is 0 Å². The summed E-state index contributed by atoms with van der Waals surface area (Å²) >= 11 is 0. The molecule has 3 rings (SSSR count). The molecule has 31 heavy (non-hydrogen) atoms. The summed E-state index contributed by atoms with van der Waals surface area (Å²) in [5.74, 6) is -0.113. The molecule has 0 atom stereocenters. The first-order chi connectivity index (χ1) is 14.7. The van der Waals surface area contributed by atoms with E-state index in [-0.39, 0.29) is 12.2 Å². The molecule has 0 spiro atoms. The van der Waals surface area contributed by atoms with Gasteiger partial charge in [-0.1, -0.05) is 12.1 Å². The summed E-state index contributed by atoms with van der Waals surface area (Å²) < 4.78 is 42.5. The molecule has 0 bridgehead atoms. The number of benzene rings is 2. The van der Waals surface area contributed by atoms with Gasteiger partial charge in [-0.15, -0.1) is 0 Å².